The van der Waals surface area contributed by atoms with Crippen LogP contribution in [0.5, 0.6) is 5.75 Å². The molecule has 1 fully saturated rings. The molecule has 0 unspecified atom stereocenters. The van der Waals surface area contributed by atoms with Gasteiger partial charge in [-0.2, -0.15) is 0 Å². The minimum absolute atomic E-state index is 0.0294. The zero-order valence-corrected chi connectivity index (χ0v) is 16.9. The van der Waals surface area contributed by atoms with Gasteiger partial charge in [0.15, 0.2) is 5.76 Å². The molecule has 4 rings (SSSR count). The van der Waals surface area contributed by atoms with Crippen molar-refractivity contribution in [2.45, 2.75) is 12.8 Å². The number of rotatable bonds is 6. The van der Waals surface area contributed by atoms with E-state index in [4.69, 9.17) is 9.15 Å². The van der Waals surface area contributed by atoms with Crippen molar-refractivity contribution in [1.82, 2.24) is 0 Å². The molecule has 2 N–H and O–H groups in total. The molecule has 0 aliphatic carbocycles. The number of methoxy groups -OCH3 is 1. The molecule has 0 saturated carbocycles. The summed E-state index contributed by atoms with van der Waals surface area (Å²) in [5.74, 6) is 0.0188. The van der Waals surface area contributed by atoms with Crippen molar-refractivity contribution in [3.05, 3.63) is 72.2 Å². The Hall–Kier alpha value is -4.07. The van der Waals surface area contributed by atoms with Crippen molar-refractivity contribution in [2.75, 3.05) is 29.2 Å². The Morgan fingerprint density at radius 2 is 1.81 bits per heavy atom. The van der Waals surface area contributed by atoms with Crippen LogP contribution in [0.1, 0.15) is 33.8 Å². The molecule has 0 spiro atoms. The van der Waals surface area contributed by atoms with E-state index < -0.39 is 5.91 Å². The first-order chi connectivity index (χ1) is 15.0. The molecule has 3 aromatic rings. The fourth-order valence-electron chi connectivity index (χ4n) is 3.42. The Kier molecular flexibility index (Phi) is 5.70. The standard InChI is InChI=1S/C23H21N3O5/c1-30-19-10-9-17(14-18(19)26-11-3-8-21(26)27)24-22(28)15-5-2-6-16(13-15)25-23(29)20-7-4-12-31-20/h2,4-7,9-10,12-14H,3,8,11H2,1H3,(H,24,28)(H,25,29). The average molecular weight is 419 g/mol. The fraction of sp³-hybridized carbons (Fsp3) is 0.174. The van der Waals surface area contributed by atoms with Gasteiger partial charge in [0.05, 0.1) is 19.1 Å². The molecule has 8 nitrogen and oxygen atoms in total. The lowest BCUT2D eigenvalue weighted by Crippen LogP contribution is -2.24. The Balaban J connectivity index is 1.50. The van der Waals surface area contributed by atoms with Crippen LogP contribution in [0.15, 0.2) is 65.3 Å². The van der Waals surface area contributed by atoms with E-state index >= 15 is 0 Å². The number of amides is 3. The number of benzene rings is 2. The third-order valence-electron chi connectivity index (χ3n) is 4.93. The summed E-state index contributed by atoms with van der Waals surface area (Å²) in [6.07, 6.45) is 2.70. The molecule has 8 heteroatoms. The van der Waals surface area contributed by atoms with Crippen LogP contribution >= 0.6 is 0 Å². The predicted molar refractivity (Wildman–Crippen MR) is 116 cm³/mol. The van der Waals surface area contributed by atoms with Crippen LogP contribution in [0.3, 0.4) is 0 Å². The summed E-state index contributed by atoms with van der Waals surface area (Å²) in [6.45, 7) is 0.615. The molecule has 2 aromatic carbocycles. The Bertz CT molecular complexity index is 1120. The largest absolute Gasteiger partial charge is 0.495 e. The number of hydrogen-bond donors (Lipinski definition) is 2. The van der Waals surface area contributed by atoms with E-state index in [9.17, 15) is 14.4 Å². The number of ether oxygens (including phenoxy) is 1. The van der Waals surface area contributed by atoms with Crippen molar-refractivity contribution in [1.29, 1.82) is 0 Å². The first-order valence-electron chi connectivity index (χ1n) is 9.80. The Morgan fingerprint density at radius 3 is 2.52 bits per heavy atom. The van der Waals surface area contributed by atoms with Crippen LogP contribution in [-0.2, 0) is 4.79 Å². The molecule has 2 heterocycles. The van der Waals surface area contributed by atoms with Gasteiger partial charge in [0.2, 0.25) is 5.91 Å². The monoisotopic (exact) mass is 419 g/mol. The maximum Gasteiger partial charge on any atom is 0.291 e. The van der Waals surface area contributed by atoms with Gasteiger partial charge >= 0.3 is 0 Å². The van der Waals surface area contributed by atoms with Crippen LogP contribution in [-0.4, -0.2) is 31.4 Å². The predicted octanol–water partition coefficient (Wildman–Crippen LogP) is 3.92. The Morgan fingerprint density at radius 1 is 1.00 bits per heavy atom. The zero-order valence-electron chi connectivity index (χ0n) is 16.9. The van der Waals surface area contributed by atoms with E-state index in [0.29, 0.717) is 41.3 Å². The first-order valence-corrected chi connectivity index (χ1v) is 9.80. The summed E-state index contributed by atoms with van der Waals surface area (Å²) in [5, 5.41) is 5.53. The van der Waals surface area contributed by atoms with Gasteiger partial charge in [-0.25, -0.2) is 0 Å². The lowest BCUT2D eigenvalue weighted by Gasteiger charge is -2.20. The van der Waals surface area contributed by atoms with Gasteiger partial charge in [0, 0.05) is 29.9 Å². The maximum absolute atomic E-state index is 12.8. The molecule has 1 aromatic heterocycles. The second kappa shape index (κ2) is 8.74. The van der Waals surface area contributed by atoms with Gasteiger partial charge in [-0.15, -0.1) is 0 Å². The lowest BCUT2D eigenvalue weighted by molar-refractivity contribution is -0.117. The average Bonchev–Trinajstić information content (AvgIpc) is 3.46. The molecule has 1 aliphatic rings. The molecule has 0 atom stereocenters. The quantitative estimate of drug-likeness (QED) is 0.631. The summed E-state index contributed by atoms with van der Waals surface area (Å²) >= 11 is 0. The van der Waals surface area contributed by atoms with Crippen LogP contribution < -0.4 is 20.3 Å². The molecule has 31 heavy (non-hydrogen) atoms. The fourth-order valence-corrected chi connectivity index (χ4v) is 3.42. The van der Waals surface area contributed by atoms with Gasteiger partial charge in [0.1, 0.15) is 5.75 Å². The van der Waals surface area contributed by atoms with E-state index in [2.05, 4.69) is 10.6 Å². The van der Waals surface area contributed by atoms with Crippen molar-refractivity contribution < 1.29 is 23.5 Å². The second-order valence-electron chi connectivity index (χ2n) is 7.00. The van der Waals surface area contributed by atoms with Crippen LogP contribution in [0.2, 0.25) is 0 Å². The summed E-state index contributed by atoms with van der Waals surface area (Å²) in [4.78, 5) is 38.7. The molecule has 3 amide bonds. The molecule has 1 aliphatic heterocycles. The molecular formula is C23H21N3O5. The number of carbonyl (C=O) groups is 3. The number of carbonyl (C=O) groups excluding carboxylic acids is 3. The highest BCUT2D eigenvalue weighted by Crippen LogP contribution is 2.34. The number of nitrogens with one attached hydrogen (secondary N) is 2. The van der Waals surface area contributed by atoms with E-state index in [1.807, 2.05) is 0 Å². The molecule has 0 bridgehead atoms. The van der Waals surface area contributed by atoms with E-state index in [-0.39, 0.29) is 17.6 Å². The van der Waals surface area contributed by atoms with Crippen molar-refractivity contribution in [3.63, 3.8) is 0 Å². The molecule has 1 saturated heterocycles. The van der Waals surface area contributed by atoms with Gasteiger partial charge in [-0.05, 0) is 55.0 Å². The van der Waals surface area contributed by atoms with Crippen molar-refractivity contribution in [2.24, 2.45) is 0 Å². The highest BCUT2D eigenvalue weighted by Gasteiger charge is 2.25. The van der Waals surface area contributed by atoms with Gasteiger partial charge < -0.3 is 24.7 Å². The van der Waals surface area contributed by atoms with Gasteiger partial charge in [0.25, 0.3) is 11.8 Å². The third-order valence-corrected chi connectivity index (χ3v) is 4.93. The van der Waals surface area contributed by atoms with E-state index in [1.54, 1.807) is 66.6 Å². The normalized spacial score (nSPS) is 13.2. The SMILES string of the molecule is COc1ccc(NC(=O)c2cccc(NC(=O)c3ccco3)c2)cc1N1CCCC1=O. The highest BCUT2D eigenvalue weighted by atomic mass is 16.5. The van der Waals surface area contributed by atoms with Crippen LogP contribution in [0.4, 0.5) is 17.1 Å². The highest BCUT2D eigenvalue weighted by molar-refractivity contribution is 6.07. The third kappa shape index (κ3) is 4.42. The summed E-state index contributed by atoms with van der Waals surface area (Å²) in [5.41, 5.74) is 1.99. The molecule has 158 valence electrons. The van der Waals surface area contributed by atoms with E-state index in [1.165, 1.54) is 6.26 Å². The Labute approximate surface area is 178 Å². The summed E-state index contributed by atoms with van der Waals surface area (Å²) in [6, 6.07) is 14.9. The van der Waals surface area contributed by atoms with Crippen LogP contribution in [0, 0.1) is 0 Å². The van der Waals surface area contributed by atoms with Gasteiger partial charge in [-0.1, -0.05) is 6.07 Å². The van der Waals surface area contributed by atoms with Crippen molar-refractivity contribution in [3.8, 4) is 5.75 Å². The number of anilines is 3. The van der Waals surface area contributed by atoms with E-state index in [0.717, 1.165) is 6.42 Å². The molecule has 0 radical (unpaired) electrons. The second-order valence-corrected chi connectivity index (χ2v) is 7.00. The lowest BCUT2D eigenvalue weighted by atomic mass is 10.1. The maximum atomic E-state index is 12.8. The topological polar surface area (TPSA) is 101 Å². The number of nitrogens with zero attached hydrogens (tertiary/aromatic N) is 1. The minimum atomic E-state index is -0.405. The van der Waals surface area contributed by atoms with Crippen LogP contribution in [0.25, 0.3) is 0 Å². The molecular weight excluding hydrogens is 398 g/mol. The summed E-state index contributed by atoms with van der Waals surface area (Å²) < 4.78 is 10.5. The smallest absolute Gasteiger partial charge is 0.291 e. The zero-order chi connectivity index (χ0) is 21.8. The number of hydrogen-bond acceptors (Lipinski definition) is 5. The number of furan rings is 1. The minimum Gasteiger partial charge on any atom is -0.495 e. The van der Waals surface area contributed by atoms with Gasteiger partial charge in [-0.3, -0.25) is 14.4 Å². The van der Waals surface area contributed by atoms with Crippen molar-refractivity contribution >= 4 is 34.8 Å². The summed E-state index contributed by atoms with van der Waals surface area (Å²) in [7, 11) is 1.54. The first kappa shape index (κ1) is 20.2.